The average molecular weight is 415 g/mol. The highest BCUT2D eigenvalue weighted by Gasteiger charge is 2.16. The maximum atomic E-state index is 12.4. The molecular formula is C20H21N3O5S. The van der Waals surface area contributed by atoms with Crippen molar-refractivity contribution >= 4 is 27.4 Å². The average Bonchev–Trinajstić information content (AvgIpc) is 3.05. The molecule has 2 N–H and O–H groups in total. The van der Waals surface area contributed by atoms with Gasteiger partial charge in [-0.2, -0.15) is 0 Å². The van der Waals surface area contributed by atoms with Gasteiger partial charge in [0.1, 0.15) is 11.5 Å². The lowest BCUT2D eigenvalue weighted by Gasteiger charge is -2.11. The zero-order chi connectivity index (χ0) is 21.0. The smallest absolute Gasteiger partial charge is 0.263 e. The molecule has 152 valence electrons. The summed E-state index contributed by atoms with van der Waals surface area (Å²) in [5, 5.41) is 6.27. The van der Waals surface area contributed by atoms with E-state index >= 15 is 0 Å². The fraction of sp³-hybridized carbons (Fsp3) is 0.200. The van der Waals surface area contributed by atoms with E-state index < -0.39 is 10.0 Å². The zero-order valence-electron chi connectivity index (χ0n) is 16.2. The number of carbonyl (C=O) groups excluding carboxylic acids is 1. The summed E-state index contributed by atoms with van der Waals surface area (Å²) < 4.78 is 37.4. The molecule has 0 fully saturated rings. The number of nitrogens with zero attached hydrogens (tertiary/aromatic N) is 1. The molecule has 0 bridgehead atoms. The van der Waals surface area contributed by atoms with Gasteiger partial charge in [0.2, 0.25) is 0 Å². The predicted octanol–water partition coefficient (Wildman–Crippen LogP) is 3.42. The van der Waals surface area contributed by atoms with Gasteiger partial charge in [-0.05, 0) is 56.7 Å². The van der Waals surface area contributed by atoms with Crippen LogP contribution in [0.15, 0.2) is 57.9 Å². The Hall–Kier alpha value is -3.33. The quantitative estimate of drug-likeness (QED) is 0.612. The Kier molecular flexibility index (Phi) is 5.88. The van der Waals surface area contributed by atoms with Gasteiger partial charge in [0.25, 0.3) is 15.9 Å². The van der Waals surface area contributed by atoms with Crippen molar-refractivity contribution < 1.29 is 22.5 Å². The predicted molar refractivity (Wildman–Crippen MR) is 109 cm³/mol. The first-order chi connectivity index (χ1) is 13.7. The summed E-state index contributed by atoms with van der Waals surface area (Å²) in [5.74, 6) is 0.880. The largest absolute Gasteiger partial charge is 0.483 e. The highest BCUT2D eigenvalue weighted by Crippen LogP contribution is 2.20. The van der Waals surface area contributed by atoms with E-state index in [-0.39, 0.29) is 23.2 Å². The first kappa shape index (κ1) is 20.4. The number of aromatic nitrogens is 1. The number of hydrogen-bond acceptors (Lipinski definition) is 6. The minimum absolute atomic E-state index is 0.0303. The van der Waals surface area contributed by atoms with Crippen LogP contribution < -0.4 is 14.8 Å². The van der Waals surface area contributed by atoms with Crippen LogP contribution in [-0.4, -0.2) is 26.1 Å². The lowest BCUT2D eigenvalue weighted by atomic mass is 10.1. The van der Waals surface area contributed by atoms with Gasteiger partial charge in [-0.1, -0.05) is 22.9 Å². The third kappa shape index (κ3) is 5.35. The molecule has 0 radical (unpaired) electrons. The molecule has 0 atom stereocenters. The number of aryl methyl sites for hydroxylation is 3. The lowest BCUT2D eigenvalue weighted by Crippen LogP contribution is -2.20. The molecule has 9 heteroatoms. The summed E-state index contributed by atoms with van der Waals surface area (Å²) in [6.45, 7) is 5.40. The Bertz CT molecular complexity index is 1120. The molecule has 2 aromatic carbocycles. The molecule has 0 unspecified atom stereocenters. The third-order valence-corrected chi connectivity index (χ3v) is 5.38. The summed E-state index contributed by atoms with van der Waals surface area (Å²) in [4.78, 5) is 12.1. The van der Waals surface area contributed by atoms with E-state index in [9.17, 15) is 13.2 Å². The van der Waals surface area contributed by atoms with Gasteiger partial charge in [0.15, 0.2) is 12.4 Å². The van der Waals surface area contributed by atoms with Gasteiger partial charge < -0.3 is 14.6 Å². The van der Waals surface area contributed by atoms with Gasteiger partial charge in [-0.3, -0.25) is 9.52 Å². The SMILES string of the molecule is Cc1ccc(OCC(=O)Nc2ccc(S(=O)(=O)Nc3cc(C)on3)cc2)c(C)c1. The minimum Gasteiger partial charge on any atom is -0.483 e. The maximum absolute atomic E-state index is 12.4. The molecule has 29 heavy (non-hydrogen) atoms. The Balaban J connectivity index is 1.58. The molecular weight excluding hydrogens is 394 g/mol. The second-order valence-corrected chi connectivity index (χ2v) is 8.24. The molecule has 1 aromatic heterocycles. The topological polar surface area (TPSA) is 111 Å². The van der Waals surface area contributed by atoms with Crippen LogP contribution in [0.3, 0.4) is 0 Å². The summed E-state index contributed by atoms with van der Waals surface area (Å²) in [6.07, 6.45) is 0. The summed E-state index contributed by atoms with van der Waals surface area (Å²) >= 11 is 0. The van der Waals surface area contributed by atoms with E-state index in [4.69, 9.17) is 9.26 Å². The summed E-state index contributed by atoms with van der Waals surface area (Å²) in [7, 11) is -3.81. The van der Waals surface area contributed by atoms with Crippen LogP contribution in [-0.2, 0) is 14.8 Å². The van der Waals surface area contributed by atoms with Crippen molar-refractivity contribution in [2.45, 2.75) is 25.7 Å². The second kappa shape index (κ2) is 8.36. The van der Waals surface area contributed by atoms with Crippen molar-refractivity contribution in [1.82, 2.24) is 5.16 Å². The van der Waals surface area contributed by atoms with Crippen molar-refractivity contribution in [3.05, 3.63) is 65.4 Å². The van der Waals surface area contributed by atoms with Gasteiger partial charge >= 0.3 is 0 Å². The van der Waals surface area contributed by atoms with Crippen molar-refractivity contribution in [3.8, 4) is 5.75 Å². The lowest BCUT2D eigenvalue weighted by molar-refractivity contribution is -0.118. The normalized spacial score (nSPS) is 11.1. The zero-order valence-corrected chi connectivity index (χ0v) is 17.0. The van der Waals surface area contributed by atoms with Crippen LogP contribution in [0.25, 0.3) is 0 Å². The van der Waals surface area contributed by atoms with Crippen LogP contribution in [0.5, 0.6) is 5.75 Å². The van der Waals surface area contributed by atoms with E-state index in [0.29, 0.717) is 17.2 Å². The van der Waals surface area contributed by atoms with Crippen LogP contribution in [0.1, 0.15) is 16.9 Å². The molecule has 0 saturated carbocycles. The number of sulfonamides is 1. The first-order valence-corrected chi connectivity index (χ1v) is 10.3. The fourth-order valence-corrected chi connectivity index (χ4v) is 3.61. The highest BCUT2D eigenvalue weighted by atomic mass is 32.2. The Morgan fingerprint density at radius 3 is 2.41 bits per heavy atom. The number of anilines is 2. The van der Waals surface area contributed by atoms with E-state index in [1.807, 2.05) is 32.0 Å². The number of ether oxygens (including phenoxy) is 1. The Morgan fingerprint density at radius 2 is 1.79 bits per heavy atom. The van der Waals surface area contributed by atoms with Crippen molar-refractivity contribution in [1.29, 1.82) is 0 Å². The van der Waals surface area contributed by atoms with E-state index in [1.165, 1.54) is 30.3 Å². The van der Waals surface area contributed by atoms with Crippen LogP contribution >= 0.6 is 0 Å². The van der Waals surface area contributed by atoms with Gasteiger partial charge in [0.05, 0.1) is 4.90 Å². The molecule has 3 rings (SSSR count). The first-order valence-electron chi connectivity index (χ1n) is 8.79. The number of benzene rings is 2. The van der Waals surface area contributed by atoms with E-state index in [2.05, 4.69) is 15.2 Å². The van der Waals surface area contributed by atoms with Crippen molar-refractivity contribution in [3.63, 3.8) is 0 Å². The van der Waals surface area contributed by atoms with Crippen LogP contribution in [0, 0.1) is 20.8 Å². The minimum atomic E-state index is -3.81. The molecule has 0 aliphatic carbocycles. The highest BCUT2D eigenvalue weighted by molar-refractivity contribution is 7.92. The summed E-state index contributed by atoms with van der Waals surface area (Å²) in [5.41, 5.74) is 2.51. The third-order valence-electron chi connectivity index (χ3n) is 4.00. The Morgan fingerprint density at radius 1 is 1.07 bits per heavy atom. The van der Waals surface area contributed by atoms with Gasteiger partial charge in [-0.25, -0.2) is 8.42 Å². The van der Waals surface area contributed by atoms with E-state index in [1.54, 1.807) is 6.92 Å². The van der Waals surface area contributed by atoms with E-state index in [0.717, 1.165) is 11.1 Å². The standard InChI is InChI=1S/C20H21N3O5S/c1-13-4-9-18(14(2)10-13)27-12-20(24)21-16-5-7-17(8-6-16)29(25,26)23-19-11-15(3)28-22-19/h4-11H,12H2,1-3H3,(H,21,24)(H,22,23). The molecule has 3 aromatic rings. The number of carbonyl (C=O) groups is 1. The molecule has 0 spiro atoms. The Labute approximate surface area is 168 Å². The number of amides is 1. The molecule has 0 aliphatic heterocycles. The maximum Gasteiger partial charge on any atom is 0.263 e. The molecule has 1 amide bonds. The molecule has 8 nitrogen and oxygen atoms in total. The summed E-state index contributed by atoms with van der Waals surface area (Å²) in [6, 6.07) is 12.9. The molecule has 0 saturated heterocycles. The van der Waals surface area contributed by atoms with Crippen molar-refractivity contribution in [2.75, 3.05) is 16.6 Å². The molecule has 0 aliphatic rings. The monoisotopic (exact) mass is 415 g/mol. The van der Waals surface area contributed by atoms with Crippen LogP contribution in [0.2, 0.25) is 0 Å². The van der Waals surface area contributed by atoms with Crippen molar-refractivity contribution in [2.24, 2.45) is 0 Å². The second-order valence-electron chi connectivity index (χ2n) is 6.56. The number of rotatable bonds is 7. The fourth-order valence-electron chi connectivity index (χ4n) is 2.63. The number of nitrogens with one attached hydrogen (secondary N) is 2. The number of hydrogen-bond donors (Lipinski definition) is 2. The van der Waals surface area contributed by atoms with Gasteiger partial charge in [0, 0.05) is 11.8 Å². The molecule has 1 heterocycles. The van der Waals surface area contributed by atoms with Gasteiger partial charge in [-0.15, -0.1) is 0 Å². The van der Waals surface area contributed by atoms with Crippen LogP contribution in [0.4, 0.5) is 11.5 Å².